The summed E-state index contributed by atoms with van der Waals surface area (Å²) >= 11 is 0. The lowest BCUT2D eigenvalue weighted by molar-refractivity contribution is -0.119. The number of benzene rings is 3. The summed E-state index contributed by atoms with van der Waals surface area (Å²) in [5.41, 5.74) is 1.89. The summed E-state index contributed by atoms with van der Waals surface area (Å²) in [4.78, 5) is 36.2. The molecule has 0 aromatic heterocycles. The third-order valence-electron chi connectivity index (χ3n) is 4.13. The van der Waals surface area contributed by atoms with Crippen molar-refractivity contribution in [3.63, 3.8) is 0 Å². The van der Waals surface area contributed by atoms with Crippen molar-refractivity contribution in [2.45, 2.75) is 0 Å². The first-order valence-electron chi connectivity index (χ1n) is 9.38. The average molecular weight is 419 g/mol. The summed E-state index contributed by atoms with van der Waals surface area (Å²) in [7, 11) is 1.49. The second kappa shape index (κ2) is 10.4. The highest BCUT2D eigenvalue weighted by molar-refractivity contribution is 6.00. The van der Waals surface area contributed by atoms with Crippen molar-refractivity contribution < 1.29 is 23.9 Å². The van der Waals surface area contributed by atoms with Gasteiger partial charge in [-0.25, -0.2) is 9.59 Å². The Balaban J connectivity index is 1.48. The monoisotopic (exact) mass is 419 g/mol. The number of rotatable bonds is 7. The molecule has 0 radical (unpaired) electrons. The standard InChI is InChI=1S/C23H21N3O5/c1-30-20-10-6-5-9-19(20)26-21(27)15-31-22(28)16-11-13-18(14-12-16)25-23(29)24-17-7-3-2-4-8-17/h2-14H,15H2,1H3,(H,26,27)(H2,24,25,29). The highest BCUT2D eigenvalue weighted by atomic mass is 16.5. The lowest BCUT2D eigenvalue weighted by Gasteiger charge is -2.10. The van der Waals surface area contributed by atoms with E-state index in [1.807, 2.05) is 18.2 Å². The van der Waals surface area contributed by atoms with Gasteiger partial charge in [0.05, 0.1) is 18.4 Å². The Morgan fingerprint density at radius 3 is 2.03 bits per heavy atom. The molecule has 0 saturated heterocycles. The van der Waals surface area contributed by atoms with Gasteiger partial charge in [-0.15, -0.1) is 0 Å². The number of ether oxygens (including phenoxy) is 2. The Kier molecular flexibility index (Phi) is 7.21. The van der Waals surface area contributed by atoms with Crippen molar-refractivity contribution in [1.29, 1.82) is 0 Å². The van der Waals surface area contributed by atoms with Crippen molar-refractivity contribution in [1.82, 2.24) is 0 Å². The fourth-order valence-electron chi connectivity index (χ4n) is 2.65. The third kappa shape index (κ3) is 6.33. The van der Waals surface area contributed by atoms with Crippen molar-refractivity contribution in [3.8, 4) is 5.75 Å². The molecule has 0 aliphatic heterocycles. The van der Waals surface area contributed by atoms with Crippen LogP contribution >= 0.6 is 0 Å². The molecule has 0 bridgehead atoms. The number of nitrogens with one attached hydrogen (secondary N) is 3. The number of amides is 3. The lowest BCUT2D eigenvalue weighted by atomic mass is 10.2. The molecule has 0 unspecified atom stereocenters. The number of para-hydroxylation sites is 3. The minimum absolute atomic E-state index is 0.249. The van der Waals surface area contributed by atoms with E-state index in [1.165, 1.54) is 19.2 Å². The molecule has 8 heteroatoms. The van der Waals surface area contributed by atoms with Crippen LogP contribution in [0.15, 0.2) is 78.9 Å². The van der Waals surface area contributed by atoms with Gasteiger partial charge < -0.3 is 25.4 Å². The van der Waals surface area contributed by atoms with E-state index >= 15 is 0 Å². The molecule has 0 fully saturated rings. The molecule has 0 heterocycles. The highest BCUT2D eigenvalue weighted by Crippen LogP contribution is 2.22. The van der Waals surface area contributed by atoms with Crippen LogP contribution in [0.1, 0.15) is 10.4 Å². The van der Waals surface area contributed by atoms with Gasteiger partial charge in [-0.3, -0.25) is 4.79 Å². The normalized spacial score (nSPS) is 9.97. The van der Waals surface area contributed by atoms with Crippen LogP contribution in [0.25, 0.3) is 0 Å². The first kappa shape index (κ1) is 21.4. The van der Waals surface area contributed by atoms with E-state index in [2.05, 4.69) is 16.0 Å². The van der Waals surface area contributed by atoms with Crippen LogP contribution in [0, 0.1) is 0 Å². The molecule has 8 nitrogen and oxygen atoms in total. The van der Waals surface area contributed by atoms with Gasteiger partial charge in [-0.1, -0.05) is 30.3 Å². The van der Waals surface area contributed by atoms with Gasteiger partial charge >= 0.3 is 12.0 Å². The van der Waals surface area contributed by atoms with Gasteiger partial charge in [0.25, 0.3) is 5.91 Å². The van der Waals surface area contributed by atoms with Crippen molar-refractivity contribution >= 4 is 35.0 Å². The molecule has 0 aliphatic carbocycles. The van der Waals surface area contributed by atoms with Crippen molar-refractivity contribution in [2.75, 3.05) is 29.7 Å². The Morgan fingerprint density at radius 2 is 1.35 bits per heavy atom. The quantitative estimate of drug-likeness (QED) is 0.499. The fraction of sp³-hybridized carbons (Fsp3) is 0.0870. The zero-order valence-electron chi connectivity index (χ0n) is 16.8. The molecule has 158 valence electrons. The minimum Gasteiger partial charge on any atom is -0.495 e. The summed E-state index contributed by atoms with van der Waals surface area (Å²) in [5.74, 6) is -0.647. The summed E-state index contributed by atoms with van der Waals surface area (Å²) in [5, 5.41) is 7.98. The second-order valence-electron chi connectivity index (χ2n) is 6.35. The number of esters is 1. The lowest BCUT2D eigenvalue weighted by Crippen LogP contribution is -2.21. The molecule has 0 saturated carbocycles. The van der Waals surface area contributed by atoms with Gasteiger partial charge in [0, 0.05) is 11.4 Å². The Hall–Kier alpha value is -4.33. The number of hydrogen-bond acceptors (Lipinski definition) is 5. The van der Waals surface area contributed by atoms with Crippen LogP contribution in [0.4, 0.5) is 21.9 Å². The van der Waals surface area contributed by atoms with E-state index in [4.69, 9.17) is 9.47 Å². The number of urea groups is 1. The van der Waals surface area contributed by atoms with Gasteiger partial charge in [0.2, 0.25) is 0 Å². The molecular formula is C23H21N3O5. The second-order valence-corrected chi connectivity index (χ2v) is 6.35. The molecule has 3 aromatic carbocycles. The van der Waals surface area contributed by atoms with E-state index in [-0.39, 0.29) is 5.56 Å². The Morgan fingerprint density at radius 1 is 0.742 bits per heavy atom. The van der Waals surface area contributed by atoms with Gasteiger partial charge in [0.15, 0.2) is 6.61 Å². The first-order chi connectivity index (χ1) is 15.0. The fourth-order valence-corrected chi connectivity index (χ4v) is 2.65. The third-order valence-corrected chi connectivity index (χ3v) is 4.13. The van der Waals surface area contributed by atoms with E-state index < -0.39 is 24.5 Å². The van der Waals surface area contributed by atoms with E-state index in [1.54, 1.807) is 48.5 Å². The predicted molar refractivity (Wildman–Crippen MR) is 117 cm³/mol. The average Bonchev–Trinajstić information content (AvgIpc) is 2.79. The predicted octanol–water partition coefficient (Wildman–Crippen LogP) is 4.13. The van der Waals surface area contributed by atoms with Crippen molar-refractivity contribution in [2.24, 2.45) is 0 Å². The molecule has 0 aliphatic rings. The smallest absolute Gasteiger partial charge is 0.338 e. The van der Waals surface area contributed by atoms with Crippen LogP contribution < -0.4 is 20.7 Å². The van der Waals surface area contributed by atoms with Crippen LogP contribution in [0.2, 0.25) is 0 Å². The summed E-state index contributed by atoms with van der Waals surface area (Å²) < 4.78 is 10.2. The van der Waals surface area contributed by atoms with E-state index in [9.17, 15) is 14.4 Å². The molecule has 3 N–H and O–H groups in total. The van der Waals surface area contributed by atoms with Crippen molar-refractivity contribution in [3.05, 3.63) is 84.4 Å². The van der Waals surface area contributed by atoms with Crippen LogP contribution in [0.5, 0.6) is 5.75 Å². The maximum absolute atomic E-state index is 12.2. The highest BCUT2D eigenvalue weighted by Gasteiger charge is 2.12. The van der Waals surface area contributed by atoms with E-state index in [0.717, 1.165) is 0 Å². The zero-order valence-corrected chi connectivity index (χ0v) is 16.8. The summed E-state index contributed by atoms with van der Waals surface area (Å²) in [6, 6.07) is 21.6. The number of hydrogen-bond donors (Lipinski definition) is 3. The van der Waals surface area contributed by atoms with Crippen LogP contribution in [-0.2, 0) is 9.53 Å². The molecule has 3 aromatic rings. The van der Waals surface area contributed by atoms with E-state index in [0.29, 0.717) is 22.8 Å². The van der Waals surface area contributed by atoms with Gasteiger partial charge in [0.1, 0.15) is 5.75 Å². The largest absolute Gasteiger partial charge is 0.495 e. The maximum Gasteiger partial charge on any atom is 0.338 e. The molecule has 31 heavy (non-hydrogen) atoms. The molecule has 3 rings (SSSR count). The van der Waals surface area contributed by atoms with Gasteiger partial charge in [-0.2, -0.15) is 0 Å². The number of carbonyl (C=O) groups excluding carboxylic acids is 3. The first-order valence-corrected chi connectivity index (χ1v) is 9.38. The van der Waals surface area contributed by atoms with Crippen LogP contribution in [-0.4, -0.2) is 31.6 Å². The molecular weight excluding hydrogens is 398 g/mol. The Labute approximate surface area is 179 Å². The molecule has 0 atom stereocenters. The number of carbonyl (C=O) groups is 3. The number of methoxy groups -OCH3 is 1. The summed E-state index contributed by atoms with van der Waals surface area (Å²) in [6.07, 6.45) is 0. The number of anilines is 3. The molecule has 0 spiro atoms. The topological polar surface area (TPSA) is 106 Å². The van der Waals surface area contributed by atoms with Gasteiger partial charge in [-0.05, 0) is 48.5 Å². The SMILES string of the molecule is COc1ccccc1NC(=O)COC(=O)c1ccc(NC(=O)Nc2ccccc2)cc1. The molecule has 3 amide bonds. The summed E-state index contributed by atoms with van der Waals surface area (Å²) in [6.45, 7) is -0.448. The minimum atomic E-state index is -0.657. The Bertz CT molecular complexity index is 1050. The van der Waals surface area contributed by atoms with Crippen LogP contribution in [0.3, 0.4) is 0 Å². The maximum atomic E-state index is 12.2. The zero-order chi connectivity index (χ0) is 22.1.